The summed E-state index contributed by atoms with van der Waals surface area (Å²) in [5.74, 6) is 0. The van der Waals surface area contributed by atoms with E-state index >= 15 is 0 Å². The second-order valence-corrected chi connectivity index (χ2v) is 0.500. The molecule has 1 radical (unpaired) electrons. The molecule has 0 N–H and O–H groups in total. The Balaban J connectivity index is -0.00000000667. The van der Waals surface area contributed by atoms with Gasteiger partial charge in [0.1, 0.15) is 0 Å². The fourth-order valence-electron chi connectivity index (χ4n) is 0. The van der Waals surface area contributed by atoms with Crippen LogP contribution in [0.15, 0.2) is 0 Å². The normalized spacial score (nSPS) is 3.00. The first-order chi connectivity index (χ1) is 1.41. The topological polar surface area (TPSA) is 0 Å². The van der Waals surface area contributed by atoms with Crippen LogP contribution >= 0.6 is 0 Å². The minimum atomic E-state index is 0. The van der Waals surface area contributed by atoms with Crippen molar-refractivity contribution in [1.82, 2.24) is 0 Å². The third-order valence-electron chi connectivity index (χ3n) is 0. The molecule has 0 aliphatic rings. The van der Waals surface area contributed by atoms with E-state index in [4.69, 9.17) is 0 Å². The minimum Gasteiger partial charge on any atom is -0.358 e. The van der Waals surface area contributed by atoms with Crippen LogP contribution in [0, 0.1) is 21.8 Å². The van der Waals surface area contributed by atoms with Crippen LogP contribution in [-0.2, 0) is 17.1 Å². The second kappa shape index (κ2) is 48.8. The van der Waals surface area contributed by atoms with Crippen molar-refractivity contribution in [2.24, 2.45) is 0 Å². The number of hydrogen-bond donors (Lipinski definition) is 0. The van der Waals surface area contributed by atoms with Crippen molar-refractivity contribution >= 4 is 0 Å². The third-order valence-corrected chi connectivity index (χ3v) is 0. The van der Waals surface area contributed by atoms with Crippen molar-refractivity contribution in [3.63, 3.8) is 0 Å². The van der Waals surface area contributed by atoms with E-state index < -0.39 is 0 Å². The van der Waals surface area contributed by atoms with E-state index in [-0.39, 0.29) is 31.9 Å². The largest absolute Gasteiger partial charge is 3.00 e. The van der Waals surface area contributed by atoms with Gasteiger partial charge < -0.3 is 21.8 Å². The fourth-order valence-corrected chi connectivity index (χ4v) is 0. The molecule has 0 saturated heterocycles. The molecule has 0 fully saturated rings. The maximum absolute atomic E-state index is 3.49. The van der Waals surface area contributed by atoms with Crippen molar-refractivity contribution in [2.45, 2.75) is 13.3 Å². The van der Waals surface area contributed by atoms with Crippen LogP contribution < -0.4 is 0 Å². The average molecular weight is 129 g/mol. The van der Waals surface area contributed by atoms with Gasteiger partial charge in [0.2, 0.25) is 0 Å². The van der Waals surface area contributed by atoms with Crippen LogP contribution in [0.3, 0.4) is 0 Å². The van der Waals surface area contributed by atoms with Crippen molar-refractivity contribution in [2.75, 3.05) is 0 Å². The zero-order valence-corrected chi connectivity index (χ0v) is 5.87. The van der Waals surface area contributed by atoms with E-state index in [0.717, 1.165) is 6.42 Å². The molecule has 0 rings (SSSR count). The van der Waals surface area contributed by atoms with Gasteiger partial charge in [-0.3, -0.25) is 0 Å². The van der Waals surface area contributed by atoms with Crippen molar-refractivity contribution in [3.8, 4) is 0 Å². The molecule has 0 heterocycles. The van der Waals surface area contributed by atoms with Gasteiger partial charge in [0.05, 0.1) is 0 Å². The minimum absolute atomic E-state index is 0. The van der Waals surface area contributed by atoms with Crippen molar-refractivity contribution in [3.05, 3.63) is 21.8 Å². The van der Waals surface area contributed by atoms with E-state index in [0.29, 0.717) is 0 Å². The van der Waals surface area contributed by atoms with Gasteiger partial charge in [-0.1, -0.05) is 6.92 Å². The zero-order valence-electron chi connectivity index (χ0n) is 4.77. The molecular formula is C5H13Fe. The Bertz CT molecular complexity index is 3.90. The first kappa shape index (κ1) is 31.3. The van der Waals surface area contributed by atoms with E-state index in [1.165, 1.54) is 0 Å². The molecule has 0 aromatic heterocycles. The van der Waals surface area contributed by atoms with Crippen molar-refractivity contribution in [1.29, 1.82) is 0 Å². The fraction of sp³-hybridized carbons (Fsp3) is 0.400. The molecule has 1 heteroatoms. The van der Waals surface area contributed by atoms with Gasteiger partial charge >= 0.3 is 17.1 Å². The molecule has 41 valence electrons. The molecule has 6 heavy (non-hydrogen) atoms. The number of hydrogen-bond acceptors (Lipinski definition) is 0. The Morgan fingerprint density at radius 2 is 1.33 bits per heavy atom. The van der Waals surface area contributed by atoms with E-state index in [1.54, 1.807) is 0 Å². The standard InChI is InChI=1S/C3H7.2CH3.Fe/c1-3-2;;;/h1,3H2,2H3;2*1H3;/q3*-1;+3. The molecule has 0 spiro atoms. The summed E-state index contributed by atoms with van der Waals surface area (Å²) in [6.07, 6.45) is 1.00. The maximum atomic E-state index is 3.49. The van der Waals surface area contributed by atoms with Gasteiger partial charge in [-0.05, 0) is 0 Å². The molecule has 0 saturated carbocycles. The van der Waals surface area contributed by atoms with Crippen LogP contribution in [0.4, 0.5) is 0 Å². The molecule has 0 atom stereocenters. The van der Waals surface area contributed by atoms with Gasteiger partial charge in [-0.25, -0.2) is 0 Å². The second-order valence-electron chi connectivity index (χ2n) is 0.500. The van der Waals surface area contributed by atoms with E-state index in [1.807, 2.05) is 6.92 Å². The average Bonchev–Trinajstić information content (AvgIpc) is 0.918. The van der Waals surface area contributed by atoms with Gasteiger partial charge in [-0.2, -0.15) is 6.42 Å². The summed E-state index contributed by atoms with van der Waals surface area (Å²) in [6.45, 7) is 5.50. The summed E-state index contributed by atoms with van der Waals surface area (Å²) in [5.41, 5.74) is 0. The van der Waals surface area contributed by atoms with Crippen molar-refractivity contribution < 1.29 is 17.1 Å². The summed E-state index contributed by atoms with van der Waals surface area (Å²) >= 11 is 0. The Kier molecular flexibility index (Phi) is 255. The summed E-state index contributed by atoms with van der Waals surface area (Å²) in [7, 11) is 0. The monoisotopic (exact) mass is 129 g/mol. The number of rotatable bonds is 0. The SMILES string of the molecule is [CH2-]CC.[CH3-].[CH3-].[Fe+3]. The molecule has 0 nitrogen and oxygen atoms in total. The molecule has 0 unspecified atom stereocenters. The third kappa shape index (κ3) is 207. The van der Waals surface area contributed by atoms with Gasteiger partial charge in [0.15, 0.2) is 0 Å². The Morgan fingerprint density at radius 3 is 1.33 bits per heavy atom. The quantitative estimate of drug-likeness (QED) is 0.347. The smallest absolute Gasteiger partial charge is 0.358 e. The summed E-state index contributed by atoms with van der Waals surface area (Å²) in [4.78, 5) is 0. The summed E-state index contributed by atoms with van der Waals surface area (Å²) in [5, 5.41) is 0. The van der Waals surface area contributed by atoms with Crippen LogP contribution in [-0.4, -0.2) is 0 Å². The molecule has 0 amide bonds. The summed E-state index contributed by atoms with van der Waals surface area (Å²) < 4.78 is 0. The van der Waals surface area contributed by atoms with Gasteiger partial charge in [0.25, 0.3) is 0 Å². The van der Waals surface area contributed by atoms with Crippen LogP contribution in [0.5, 0.6) is 0 Å². The first-order valence-corrected chi connectivity index (χ1v) is 1.21. The maximum Gasteiger partial charge on any atom is 3.00 e. The zero-order chi connectivity index (χ0) is 2.71. The Hall–Kier alpha value is 0.519. The first-order valence-electron chi connectivity index (χ1n) is 1.21. The van der Waals surface area contributed by atoms with E-state index in [2.05, 4.69) is 6.92 Å². The predicted octanol–water partition coefficient (Wildman–Crippen LogP) is 2.13. The van der Waals surface area contributed by atoms with Gasteiger partial charge in [0, 0.05) is 0 Å². The van der Waals surface area contributed by atoms with Crippen LogP contribution in [0.25, 0.3) is 0 Å². The van der Waals surface area contributed by atoms with Crippen LogP contribution in [0.2, 0.25) is 0 Å². The molecule has 0 aromatic rings. The summed E-state index contributed by atoms with van der Waals surface area (Å²) in [6, 6.07) is 0. The molecule has 0 aromatic carbocycles. The Morgan fingerprint density at radius 1 is 1.33 bits per heavy atom. The van der Waals surface area contributed by atoms with Crippen LogP contribution in [0.1, 0.15) is 13.3 Å². The molecule has 0 aliphatic heterocycles. The molecule has 0 bridgehead atoms. The van der Waals surface area contributed by atoms with E-state index in [9.17, 15) is 0 Å². The van der Waals surface area contributed by atoms with Gasteiger partial charge in [-0.15, -0.1) is 0 Å². The predicted molar refractivity (Wildman–Crippen MR) is 28.5 cm³/mol. The Labute approximate surface area is 52.8 Å². The molecular weight excluding hydrogens is 116 g/mol. The molecule has 0 aliphatic carbocycles.